The molecule has 1 amide bonds. The van der Waals surface area contributed by atoms with Gasteiger partial charge in [-0.25, -0.2) is 9.37 Å². The van der Waals surface area contributed by atoms with Gasteiger partial charge >= 0.3 is 6.18 Å². The monoisotopic (exact) mass is 526 g/mol. The number of carbonyl (C=O) groups is 1. The molecule has 2 atom stereocenters. The second-order valence-corrected chi connectivity index (χ2v) is 10.2. The van der Waals surface area contributed by atoms with Crippen LogP contribution >= 0.6 is 11.6 Å². The molecule has 7 nitrogen and oxygen atoms in total. The third-order valence-corrected chi connectivity index (χ3v) is 6.24. The molecule has 194 valence electrons. The fraction of sp³-hybridized carbons (Fsp3) is 0.458. The first kappa shape index (κ1) is 26.0. The molecule has 0 spiro atoms. The Labute approximate surface area is 210 Å². The normalized spacial score (nSPS) is 18.9. The molecule has 0 unspecified atom stereocenters. The summed E-state index contributed by atoms with van der Waals surface area (Å²) in [4.78, 5) is 16.6. The summed E-state index contributed by atoms with van der Waals surface area (Å²) in [6.07, 6.45) is -0.534. The number of amides is 1. The van der Waals surface area contributed by atoms with E-state index in [2.05, 4.69) is 20.7 Å². The maximum Gasteiger partial charge on any atom is 0.433 e. The predicted molar refractivity (Wildman–Crippen MR) is 131 cm³/mol. The van der Waals surface area contributed by atoms with Gasteiger partial charge in [0.15, 0.2) is 5.82 Å². The molecule has 3 aromatic rings. The van der Waals surface area contributed by atoms with Gasteiger partial charge in [0.05, 0.1) is 12.1 Å². The van der Waals surface area contributed by atoms with Crippen molar-refractivity contribution in [2.75, 3.05) is 11.1 Å². The minimum atomic E-state index is -4.60. The molecule has 1 fully saturated rings. The zero-order chi connectivity index (χ0) is 26.3. The zero-order valence-corrected chi connectivity index (χ0v) is 20.5. The Morgan fingerprint density at radius 2 is 1.92 bits per heavy atom. The number of fused-ring (bicyclic) bond motifs is 1. The molecule has 0 aliphatic heterocycles. The topological polar surface area (TPSA) is 97.9 Å². The first-order chi connectivity index (χ1) is 16.8. The van der Waals surface area contributed by atoms with Crippen molar-refractivity contribution >= 4 is 39.9 Å². The molecule has 2 aromatic heterocycles. The fourth-order valence-electron chi connectivity index (χ4n) is 4.48. The van der Waals surface area contributed by atoms with Crippen molar-refractivity contribution in [2.45, 2.75) is 70.0 Å². The number of aromatic nitrogens is 3. The summed E-state index contributed by atoms with van der Waals surface area (Å²) in [5, 5.41) is 11.0. The summed E-state index contributed by atoms with van der Waals surface area (Å²) >= 11 is 6.09. The van der Waals surface area contributed by atoms with Crippen molar-refractivity contribution in [3.05, 3.63) is 46.7 Å². The first-order valence-electron chi connectivity index (χ1n) is 11.6. The van der Waals surface area contributed by atoms with Gasteiger partial charge < -0.3 is 16.4 Å². The van der Waals surface area contributed by atoms with Crippen molar-refractivity contribution in [3.8, 4) is 0 Å². The van der Waals surface area contributed by atoms with Gasteiger partial charge in [0, 0.05) is 34.4 Å². The van der Waals surface area contributed by atoms with E-state index in [-0.39, 0.29) is 41.2 Å². The van der Waals surface area contributed by atoms with E-state index in [1.165, 1.54) is 36.9 Å². The van der Waals surface area contributed by atoms with Crippen LogP contribution in [0.5, 0.6) is 0 Å². The third kappa shape index (κ3) is 6.18. The molecule has 0 saturated heterocycles. The second kappa shape index (κ2) is 9.76. The Morgan fingerprint density at radius 3 is 2.61 bits per heavy atom. The van der Waals surface area contributed by atoms with Gasteiger partial charge in [-0.1, -0.05) is 11.6 Å². The van der Waals surface area contributed by atoms with Crippen molar-refractivity contribution in [1.82, 2.24) is 20.1 Å². The van der Waals surface area contributed by atoms with Gasteiger partial charge in [-0.05, 0) is 63.8 Å². The average molecular weight is 527 g/mol. The van der Waals surface area contributed by atoms with Gasteiger partial charge in [-0.2, -0.15) is 18.3 Å². The Hall–Kier alpha value is -3.08. The minimum Gasteiger partial charge on any atom is -0.382 e. The number of carbonyl (C=O) groups excluding carboxylic acids is 1. The molecule has 1 aliphatic carbocycles. The maximum absolute atomic E-state index is 13.9. The standard InChI is InChI=1S/C24H27ClF4N6O/c1-23(2,26)12-35-11-17(21(30)34-35)22(36)32-15-5-3-4-14(9-15)31-19-10-20(24(27,28)29)33-18-7-6-13(25)8-16(18)19/h6-8,10-11,14-15H,3-5,9,12H2,1-2H3,(H2,30,34)(H,31,33)(H,32,36)/t14-,15+/m0/s1. The summed E-state index contributed by atoms with van der Waals surface area (Å²) in [5.41, 5.74) is 3.97. The van der Waals surface area contributed by atoms with Crippen molar-refractivity contribution in [2.24, 2.45) is 0 Å². The number of hydrogen-bond donors (Lipinski definition) is 3. The SMILES string of the molecule is CC(C)(F)Cn1cc(C(=O)N[C@@H]2CCC[C@H](Nc3cc(C(F)(F)F)nc4ccc(Cl)cc34)C2)c(N)n1. The molecular formula is C24H27ClF4N6O. The molecule has 4 rings (SSSR count). The summed E-state index contributed by atoms with van der Waals surface area (Å²) in [7, 11) is 0. The molecule has 12 heteroatoms. The number of nitrogens with zero attached hydrogens (tertiary/aromatic N) is 3. The van der Waals surface area contributed by atoms with E-state index in [9.17, 15) is 22.4 Å². The Balaban J connectivity index is 1.49. The summed E-state index contributed by atoms with van der Waals surface area (Å²) in [6, 6.07) is 5.09. The number of benzene rings is 1. The largest absolute Gasteiger partial charge is 0.433 e. The molecule has 0 radical (unpaired) electrons. The molecule has 1 saturated carbocycles. The van der Waals surface area contributed by atoms with Crippen LogP contribution in [0, 0.1) is 0 Å². The summed E-state index contributed by atoms with van der Waals surface area (Å²) in [5.74, 6) is -0.427. The van der Waals surface area contributed by atoms with Crippen LogP contribution in [0.2, 0.25) is 5.02 Å². The number of nitrogen functional groups attached to an aromatic ring is 1. The highest BCUT2D eigenvalue weighted by Crippen LogP contribution is 2.35. The van der Waals surface area contributed by atoms with Crippen LogP contribution in [0.1, 0.15) is 55.6 Å². The van der Waals surface area contributed by atoms with Crippen LogP contribution < -0.4 is 16.4 Å². The molecular weight excluding hydrogens is 500 g/mol. The van der Waals surface area contributed by atoms with E-state index in [0.717, 1.165) is 12.5 Å². The van der Waals surface area contributed by atoms with Crippen molar-refractivity contribution in [3.63, 3.8) is 0 Å². The lowest BCUT2D eigenvalue weighted by atomic mass is 9.90. The molecule has 1 aliphatic rings. The van der Waals surface area contributed by atoms with Gasteiger partial charge in [0.25, 0.3) is 5.91 Å². The van der Waals surface area contributed by atoms with Gasteiger partial charge in [0.2, 0.25) is 0 Å². The highest BCUT2D eigenvalue weighted by atomic mass is 35.5. The lowest BCUT2D eigenvalue weighted by molar-refractivity contribution is -0.140. The van der Waals surface area contributed by atoms with Crippen LogP contribution in [0.3, 0.4) is 0 Å². The maximum atomic E-state index is 13.9. The number of hydrogen-bond acceptors (Lipinski definition) is 5. The van der Waals surface area contributed by atoms with Crippen molar-refractivity contribution < 1.29 is 22.4 Å². The molecule has 36 heavy (non-hydrogen) atoms. The molecule has 2 heterocycles. The minimum absolute atomic E-state index is 0.00190. The number of alkyl halides is 4. The van der Waals surface area contributed by atoms with E-state index < -0.39 is 23.4 Å². The first-order valence-corrected chi connectivity index (χ1v) is 11.9. The number of nitrogens with one attached hydrogen (secondary N) is 2. The van der Waals surface area contributed by atoms with Crippen LogP contribution in [0.4, 0.5) is 29.1 Å². The number of nitrogens with two attached hydrogens (primary N) is 1. The Kier molecular flexibility index (Phi) is 7.05. The van der Waals surface area contributed by atoms with E-state index in [4.69, 9.17) is 17.3 Å². The number of rotatable bonds is 6. The number of pyridine rings is 1. The van der Waals surface area contributed by atoms with Crippen LogP contribution in [0.25, 0.3) is 10.9 Å². The average Bonchev–Trinajstić information content (AvgIpc) is 3.12. The van der Waals surface area contributed by atoms with Gasteiger partial charge in [0.1, 0.15) is 16.9 Å². The fourth-order valence-corrected chi connectivity index (χ4v) is 4.65. The highest BCUT2D eigenvalue weighted by molar-refractivity contribution is 6.31. The number of halogens is 5. The number of anilines is 2. The second-order valence-electron chi connectivity index (χ2n) is 9.74. The van der Waals surface area contributed by atoms with Gasteiger partial charge in [-0.3, -0.25) is 9.48 Å². The smallest absolute Gasteiger partial charge is 0.382 e. The van der Waals surface area contributed by atoms with Gasteiger partial charge in [-0.15, -0.1) is 0 Å². The zero-order valence-electron chi connectivity index (χ0n) is 19.8. The van der Waals surface area contributed by atoms with Crippen molar-refractivity contribution in [1.29, 1.82) is 0 Å². The quantitative estimate of drug-likeness (QED) is 0.364. The van der Waals surface area contributed by atoms with Crippen LogP contribution in [0.15, 0.2) is 30.5 Å². The Bertz CT molecular complexity index is 1270. The van der Waals surface area contributed by atoms with E-state index in [1.807, 2.05) is 0 Å². The third-order valence-electron chi connectivity index (χ3n) is 6.00. The summed E-state index contributed by atoms with van der Waals surface area (Å²) < 4.78 is 55.6. The lowest BCUT2D eigenvalue weighted by Gasteiger charge is -2.31. The highest BCUT2D eigenvalue weighted by Gasteiger charge is 2.34. The molecule has 4 N–H and O–H groups in total. The Morgan fingerprint density at radius 1 is 1.19 bits per heavy atom. The molecule has 1 aromatic carbocycles. The van der Waals surface area contributed by atoms with Crippen LogP contribution in [-0.2, 0) is 12.7 Å². The van der Waals surface area contributed by atoms with E-state index in [0.29, 0.717) is 29.7 Å². The molecule has 0 bridgehead atoms. The lowest BCUT2D eigenvalue weighted by Crippen LogP contribution is -2.42. The van der Waals surface area contributed by atoms with E-state index >= 15 is 0 Å². The van der Waals surface area contributed by atoms with E-state index in [1.54, 1.807) is 6.07 Å². The summed E-state index contributed by atoms with van der Waals surface area (Å²) in [6.45, 7) is 2.75. The predicted octanol–water partition coefficient (Wildman–Crippen LogP) is 5.59. The van der Waals surface area contributed by atoms with Crippen LogP contribution in [-0.4, -0.2) is 38.4 Å².